The van der Waals surface area contributed by atoms with Crippen molar-refractivity contribution in [1.82, 2.24) is 9.97 Å². The van der Waals surface area contributed by atoms with E-state index in [2.05, 4.69) is 9.97 Å². The summed E-state index contributed by atoms with van der Waals surface area (Å²) in [6.45, 7) is 7.41. The van der Waals surface area contributed by atoms with Crippen LogP contribution < -0.4 is 16.2 Å². The van der Waals surface area contributed by atoms with Crippen LogP contribution in [0.4, 0.5) is 5.95 Å². The predicted molar refractivity (Wildman–Crippen MR) is 84.7 cm³/mol. The van der Waals surface area contributed by atoms with Crippen LogP contribution in [0.25, 0.3) is 0 Å². The molecule has 1 aromatic carbocycles. The molecule has 22 heavy (non-hydrogen) atoms. The fourth-order valence-corrected chi connectivity index (χ4v) is 2.30. The van der Waals surface area contributed by atoms with Gasteiger partial charge in [0.05, 0.1) is 17.0 Å². The molecule has 1 atom stereocenters. The number of nitrogen functional groups attached to an aromatic ring is 1. The SMILES string of the molecule is Cc1ccc(C)c(OC(C)c2nc(N)nc(C)c2C(N)=O)c1. The molecule has 0 saturated heterocycles. The Kier molecular flexibility index (Phi) is 4.30. The van der Waals surface area contributed by atoms with Crippen LogP contribution in [0.2, 0.25) is 0 Å². The summed E-state index contributed by atoms with van der Waals surface area (Å²) in [6.07, 6.45) is -0.480. The first-order valence-corrected chi connectivity index (χ1v) is 6.97. The number of carbonyl (C=O) groups excluding carboxylic acids is 1. The Bertz CT molecular complexity index is 728. The van der Waals surface area contributed by atoms with Crippen molar-refractivity contribution in [1.29, 1.82) is 0 Å². The Morgan fingerprint density at radius 1 is 1.23 bits per heavy atom. The Balaban J connectivity index is 2.43. The van der Waals surface area contributed by atoms with Crippen molar-refractivity contribution >= 4 is 11.9 Å². The van der Waals surface area contributed by atoms with Crippen molar-refractivity contribution in [3.8, 4) is 5.75 Å². The van der Waals surface area contributed by atoms with Gasteiger partial charge < -0.3 is 16.2 Å². The summed E-state index contributed by atoms with van der Waals surface area (Å²) < 4.78 is 5.96. The molecule has 0 aliphatic rings. The molecule has 0 aliphatic heterocycles. The lowest BCUT2D eigenvalue weighted by Gasteiger charge is -2.19. The molecule has 2 rings (SSSR count). The molecule has 0 bridgehead atoms. The van der Waals surface area contributed by atoms with E-state index in [0.29, 0.717) is 11.4 Å². The number of aryl methyl sites for hydroxylation is 3. The summed E-state index contributed by atoms with van der Waals surface area (Å²) in [4.78, 5) is 19.8. The zero-order chi connectivity index (χ0) is 16.4. The number of rotatable bonds is 4. The summed E-state index contributed by atoms with van der Waals surface area (Å²) in [6, 6.07) is 5.92. The number of hydrogen-bond acceptors (Lipinski definition) is 5. The van der Waals surface area contributed by atoms with Gasteiger partial charge in [0, 0.05) is 0 Å². The summed E-state index contributed by atoms with van der Waals surface area (Å²) in [5.74, 6) is 0.232. The van der Waals surface area contributed by atoms with E-state index in [0.717, 1.165) is 16.9 Å². The van der Waals surface area contributed by atoms with Gasteiger partial charge in [-0.25, -0.2) is 9.97 Å². The van der Waals surface area contributed by atoms with Crippen LogP contribution in [0.15, 0.2) is 18.2 Å². The number of primary amides is 1. The smallest absolute Gasteiger partial charge is 0.252 e. The second kappa shape index (κ2) is 6.01. The predicted octanol–water partition coefficient (Wildman–Crippen LogP) is 2.22. The number of carbonyl (C=O) groups is 1. The lowest BCUT2D eigenvalue weighted by molar-refractivity contribution is 0.0993. The molecule has 6 heteroatoms. The Morgan fingerprint density at radius 2 is 1.91 bits per heavy atom. The number of hydrogen-bond donors (Lipinski definition) is 2. The highest BCUT2D eigenvalue weighted by atomic mass is 16.5. The number of anilines is 1. The fraction of sp³-hybridized carbons (Fsp3) is 0.312. The van der Waals surface area contributed by atoms with E-state index in [-0.39, 0.29) is 11.5 Å². The minimum absolute atomic E-state index is 0.0916. The van der Waals surface area contributed by atoms with Crippen LogP contribution >= 0.6 is 0 Å². The van der Waals surface area contributed by atoms with Crippen molar-refractivity contribution < 1.29 is 9.53 Å². The zero-order valence-electron chi connectivity index (χ0n) is 13.2. The van der Waals surface area contributed by atoms with Crippen LogP contribution in [0.5, 0.6) is 5.75 Å². The van der Waals surface area contributed by atoms with Gasteiger partial charge in [-0.15, -0.1) is 0 Å². The van der Waals surface area contributed by atoms with Crippen LogP contribution in [0.1, 0.15) is 45.9 Å². The quantitative estimate of drug-likeness (QED) is 0.901. The molecule has 0 saturated carbocycles. The molecule has 2 aromatic rings. The summed E-state index contributed by atoms with van der Waals surface area (Å²) in [5, 5.41) is 0. The Morgan fingerprint density at radius 3 is 2.55 bits per heavy atom. The summed E-state index contributed by atoms with van der Waals surface area (Å²) in [7, 11) is 0. The average molecular weight is 300 g/mol. The second-order valence-electron chi connectivity index (χ2n) is 5.32. The molecule has 1 unspecified atom stereocenters. The van der Waals surface area contributed by atoms with E-state index >= 15 is 0 Å². The van der Waals surface area contributed by atoms with Gasteiger partial charge >= 0.3 is 0 Å². The van der Waals surface area contributed by atoms with E-state index < -0.39 is 12.0 Å². The van der Waals surface area contributed by atoms with Gasteiger partial charge in [-0.05, 0) is 44.9 Å². The number of benzene rings is 1. The van der Waals surface area contributed by atoms with E-state index in [9.17, 15) is 4.79 Å². The van der Waals surface area contributed by atoms with Gasteiger partial charge in [-0.3, -0.25) is 4.79 Å². The van der Waals surface area contributed by atoms with Crippen molar-refractivity contribution in [3.63, 3.8) is 0 Å². The molecule has 116 valence electrons. The molecular weight excluding hydrogens is 280 g/mol. The highest BCUT2D eigenvalue weighted by Crippen LogP contribution is 2.27. The van der Waals surface area contributed by atoms with Gasteiger partial charge in [-0.2, -0.15) is 0 Å². The standard InChI is InChI=1S/C16H20N4O2/c1-8-5-6-9(2)12(7-8)22-11(4)14-13(15(17)21)10(3)19-16(18)20-14/h5-7,11H,1-4H3,(H2,17,21)(H2,18,19,20). The number of ether oxygens (including phenoxy) is 1. The molecule has 0 fully saturated rings. The number of nitrogens with zero attached hydrogens (tertiary/aromatic N) is 2. The largest absolute Gasteiger partial charge is 0.484 e. The van der Waals surface area contributed by atoms with Crippen LogP contribution in [-0.2, 0) is 0 Å². The minimum Gasteiger partial charge on any atom is -0.484 e. The fourth-order valence-electron chi connectivity index (χ4n) is 2.30. The van der Waals surface area contributed by atoms with Crippen LogP contribution in [0.3, 0.4) is 0 Å². The Hall–Kier alpha value is -2.63. The first kappa shape index (κ1) is 15.8. The molecule has 4 N–H and O–H groups in total. The maximum absolute atomic E-state index is 11.7. The van der Waals surface area contributed by atoms with E-state index in [1.165, 1.54) is 0 Å². The topological polar surface area (TPSA) is 104 Å². The zero-order valence-corrected chi connectivity index (χ0v) is 13.2. The molecule has 0 radical (unpaired) electrons. The van der Waals surface area contributed by atoms with E-state index in [4.69, 9.17) is 16.2 Å². The first-order valence-electron chi connectivity index (χ1n) is 6.97. The van der Waals surface area contributed by atoms with Crippen LogP contribution in [0, 0.1) is 20.8 Å². The second-order valence-corrected chi connectivity index (χ2v) is 5.32. The lowest BCUT2D eigenvalue weighted by atomic mass is 10.1. The minimum atomic E-state index is -0.594. The average Bonchev–Trinajstić information content (AvgIpc) is 2.41. The molecule has 1 aromatic heterocycles. The third-order valence-corrected chi connectivity index (χ3v) is 3.41. The maximum Gasteiger partial charge on any atom is 0.252 e. The van der Waals surface area contributed by atoms with Crippen molar-refractivity contribution in [2.24, 2.45) is 5.73 Å². The van der Waals surface area contributed by atoms with Gasteiger partial charge in [0.25, 0.3) is 5.91 Å². The van der Waals surface area contributed by atoms with Crippen molar-refractivity contribution in [2.75, 3.05) is 5.73 Å². The van der Waals surface area contributed by atoms with Gasteiger partial charge in [0.2, 0.25) is 5.95 Å². The first-order chi connectivity index (χ1) is 10.3. The number of amides is 1. The monoisotopic (exact) mass is 300 g/mol. The molecule has 1 heterocycles. The van der Waals surface area contributed by atoms with E-state index in [1.807, 2.05) is 32.0 Å². The molecule has 1 amide bonds. The summed E-state index contributed by atoms with van der Waals surface area (Å²) in [5.41, 5.74) is 14.3. The molecule has 0 spiro atoms. The highest BCUT2D eigenvalue weighted by molar-refractivity contribution is 5.95. The number of nitrogens with two attached hydrogens (primary N) is 2. The summed E-state index contributed by atoms with van der Waals surface area (Å²) >= 11 is 0. The third-order valence-electron chi connectivity index (χ3n) is 3.41. The Labute approximate surface area is 129 Å². The molecular formula is C16H20N4O2. The van der Waals surface area contributed by atoms with Crippen molar-refractivity contribution in [3.05, 3.63) is 46.3 Å². The maximum atomic E-state index is 11.7. The van der Waals surface area contributed by atoms with E-state index in [1.54, 1.807) is 13.8 Å². The van der Waals surface area contributed by atoms with Crippen molar-refractivity contribution in [2.45, 2.75) is 33.8 Å². The van der Waals surface area contributed by atoms with Gasteiger partial charge in [0.15, 0.2) is 0 Å². The van der Waals surface area contributed by atoms with Gasteiger partial charge in [-0.1, -0.05) is 12.1 Å². The lowest BCUT2D eigenvalue weighted by Crippen LogP contribution is -2.21. The normalized spacial score (nSPS) is 12.0. The third kappa shape index (κ3) is 3.16. The number of aromatic nitrogens is 2. The van der Waals surface area contributed by atoms with Crippen LogP contribution in [-0.4, -0.2) is 15.9 Å². The molecule has 6 nitrogen and oxygen atoms in total. The van der Waals surface area contributed by atoms with Gasteiger partial charge in [0.1, 0.15) is 11.9 Å². The molecule has 0 aliphatic carbocycles. The highest BCUT2D eigenvalue weighted by Gasteiger charge is 2.22.